The zero-order valence-corrected chi connectivity index (χ0v) is 37.9. The summed E-state index contributed by atoms with van der Waals surface area (Å²) < 4.78 is 55.8. The molecule has 8 bridgehead atoms. The Morgan fingerprint density at radius 3 is 0.574 bits per heavy atom. The topological polar surface area (TPSA) is 94.1 Å². The molecule has 0 amide bonds. The number of rotatable bonds is 0. The van der Waals surface area contributed by atoms with Crippen LogP contribution in [0.25, 0.3) is 0 Å². The molecular formula is C41H52O9Si4. The SMILES string of the molecule is CO.Cc1c2c3cc4c1O[Si](C)(C)Oc1c(cc5c(c1C)O[Si](C)(C)Oc1c(cc6c(c1C)O[Si](C)(C)Oc1c(cc(c(c1C)O[Si](C)(C)O2)C3)C6)C5)C4. The Balaban J connectivity index is 0.00000203. The lowest BCUT2D eigenvalue weighted by atomic mass is 9.88. The first kappa shape index (κ1) is 37.1. The van der Waals surface area contributed by atoms with E-state index in [0.29, 0.717) is 25.7 Å². The predicted molar refractivity (Wildman–Crippen MR) is 219 cm³/mol. The van der Waals surface area contributed by atoms with Crippen LogP contribution in [0.5, 0.6) is 46.0 Å². The van der Waals surface area contributed by atoms with E-state index >= 15 is 0 Å². The van der Waals surface area contributed by atoms with Gasteiger partial charge in [-0.3, -0.25) is 0 Å². The van der Waals surface area contributed by atoms with E-state index in [1.807, 2.05) is 0 Å². The molecule has 1 N–H and O–H groups in total. The fourth-order valence-corrected chi connectivity index (χ4v) is 15.1. The average Bonchev–Trinajstić information content (AvgIpc) is 3.06. The highest BCUT2D eigenvalue weighted by Crippen LogP contribution is 2.51. The Bertz CT molecular complexity index is 1830. The third kappa shape index (κ3) is 6.12. The molecule has 0 radical (unpaired) electrons. The minimum atomic E-state index is -2.77. The third-order valence-electron chi connectivity index (χ3n) is 10.8. The standard InChI is InChI=1S/C40H48O8Si4.CH4O/c1-21-33-25-13-26-18-28-15-30-20-32-16-31-19-29-14-27(17-25)35(43-49(5,6)41-33)22(2)37(29)45-51(9,10)47-39(31)24(4)40(32)48-52(11,12)46-38(30)23(3)36(28)44-50(7,8)42-34(21)26;1-2/h13-16H,17-20H2,1-12H3;2H,1H3. The summed E-state index contributed by atoms with van der Waals surface area (Å²) in [6.45, 7) is 25.4. The molecule has 286 valence electrons. The van der Waals surface area contributed by atoms with Crippen molar-refractivity contribution in [1.82, 2.24) is 0 Å². The number of aliphatic hydroxyl groups is 1. The zero-order chi connectivity index (χ0) is 38.9. The maximum Gasteiger partial charge on any atom is 0.454 e. The molecule has 54 heavy (non-hydrogen) atoms. The Labute approximate surface area is 323 Å². The van der Waals surface area contributed by atoms with Gasteiger partial charge in [0.25, 0.3) is 0 Å². The first-order valence-corrected chi connectivity index (χ1v) is 30.1. The smallest absolute Gasteiger partial charge is 0.454 e. The number of aliphatic hydroxyl groups excluding tert-OH is 1. The normalized spacial score (nSPS) is 19.3. The van der Waals surface area contributed by atoms with Crippen molar-refractivity contribution in [1.29, 1.82) is 0 Å². The average molecular weight is 801 g/mol. The lowest BCUT2D eigenvalue weighted by Gasteiger charge is -2.38. The van der Waals surface area contributed by atoms with E-state index < -0.39 is 34.2 Å². The molecule has 0 saturated carbocycles. The molecule has 0 aromatic heterocycles. The summed E-state index contributed by atoms with van der Waals surface area (Å²) >= 11 is 0. The highest BCUT2D eigenvalue weighted by Gasteiger charge is 2.43. The van der Waals surface area contributed by atoms with Gasteiger partial charge in [0, 0.05) is 107 Å². The number of hydrogen-bond acceptors (Lipinski definition) is 9. The highest BCUT2D eigenvalue weighted by atomic mass is 28.4. The van der Waals surface area contributed by atoms with E-state index in [1.165, 1.54) is 0 Å². The second-order valence-corrected chi connectivity index (χ2v) is 29.9. The van der Waals surface area contributed by atoms with Gasteiger partial charge in [-0.05, 0) is 96.5 Å². The molecule has 0 fully saturated rings. The van der Waals surface area contributed by atoms with Crippen LogP contribution in [0.3, 0.4) is 0 Å². The van der Waals surface area contributed by atoms with Gasteiger partial charge in [0.2, 0.25) is 0 Å². The maximum atomic E-state index is 7.00. The zero-order valence-electron chi connectivity index (χ0n) is 33.9. The van der Waals surface area contributed by atoms with Gasteiger partial charge in [0.15, 0.2) is 0 Å². The molecule has 0 saturated heterocycles. The summed E-state index contributed by atoms with van der Waals surface area (Å²) in [4.78, 5) is 0. The van der Waals surface area contributed by atoms with Crippen LogP contribution in [0.4, 0.5) is 0 Å². The largest absolute Gasteiger partial charge is 0.511 e. The van der Waals surface area contributed by atoms with E-state index in [2.05, 4.69) is 104 Å². The van der Waals surface area contributed by atoms with Crippen LogP contribution < -0.4 is 35.4 Å². The lowest BCUT2D eigenvalue weighted by Crippen LogP contribution is -2.46. The summed E-state index contributed by atoms with van der Waals surface area (Å²) in [5, 5.41) is 7.00. The minimum Gasteiger partial charge on any atom is -0.511 e. The number of hydrogen-bond donors (Lipinski definition) is 1. The fourth-order valence-electron chi connectivity index (χ4n) is 8.76. The van der Waals surface area contributed by atoms with Gasteiger partial charge in [0.1, 0.15) is 46.0 Å². The fraction of sp³-hybridized carbons (Fsp3) is 0.415. The maximum absolute atomic E-state index is 7.00. The van der Waals surface area contributed by atoms with Crippen LogP contribution >= 0.6 is 0 Å². The van der Waals surface area contributed by atoms with Crippen molar-refractivity contribution in [3.8, 4) is 46.0 Å². The van der Waals surface area contributed by atoms with Crippen LogP contribution in [-0.2, 0) is 25.7 Å². The summed E-state index contributed by atoms with van der Waals surface area (Å²) in [6.07, 6.45) is 2.61. The van der Waals surface area contributed by atoms with Crippen LogP contribution in [0.2, 0.25) is 52.4 Å². The first-order valence-electron chi connectivity index (χ1n) is 18.9. The van der Waals surface area contributed by atoms with E-state index in [1.54, 1.807) is 0 Å². The van der Waals surface area contributed by atoms with Crippen molar-refractivity contribution in [3.05, 3.63) is 91.0 Å². The van der Waals surface area contributed by atoms with Gasteiger partial charge >= 0.3 is 34.2 Å². The molecule has 0 atom stereocenters. The van der Waals surface area contributed by atoms with E-state index in [9.17, 15) is 0 Å². The van der Waals surface area contributed by atoms with Gasteiger partial charge in [-0.15, -0.1) is 0 Å². The lowest BCUT2D eigenvalue weighted by molar-refractivity contribution is 0.363. The quantitative estimate of drug-likeness (QED) is 0.154. The van der Waals surface area contributed by atoms with Crippen molar-refractivity contribution in [3.63, 3.8) is 0 Å². The summed E-state index contributed by atoms with van der Waals surface area (Å²) in [6, 6.07) is 9.29. The monoisotopic (exact) mass is 800 g/mol. The van der Waals surface area contributed by atoms with Crippen molar-refractivity contribution in [2.45, 2.75) is 106 Å². The Morgan fingerprint density at radius 1 is 0.315 bits per heavy atom. The molecule has 1 aliphatic carbocycles. The molecular weight excluding hydrogens is 749 g/mol. The molecule has 9 nitrogen and oxygen atoms in total. The Kier molecular flexibility index (Phi) is 8.44. The van der Waals surface area contributed by atoms with E-state index in [-0.39, 0.29) is 0 Å². The molecule has 4 aliphatic heterocycles. The van der Waals surface area contributed by atoms with Crippen LogP contribution in [0.15, 0.2) is 24.3 Å². The minimum absolute atomic E-state index is 0.652. The Hall–Kier alpha value is -3.89. The van der Waals surface area contributed by atoms with Crippen molar-refractivity contribution in [2.75, 3.05) is 7.11 Å². The van der Waals surface area contributed by atoms with Gasteiger partial charge in [-0.25, -0.2) is 0 Å². The molecule has 9 rings (SSSR count). The van der Waals surface area contributed by atoms with Crippen molar-refractivity contribution >= 4 is 34.2 Å². The van der Waals surface area contributed by atoms with E-state index in [4.69, 9.17) is 40.5 Å². The second-order valence-electron chi connectivity index (χ2n) is 17.0. The third-order valence-corrected chi connectivity index (χ3v) is 16.3. The molecule has 4 heterocycles. The van der Waals surface area contributed by atoms with Crippen molar-refractivity contribution < 1.29 is 40.5 Å². The molecule has 0 spiro atoms. The summed E-state index contributed by atoms with van der Waals surface area (Å²) in [7, 11) is -10.1. The molecule has 4 aromatic rings. The van der Waals surface area contributed by atoms with Crippen molar-refractivity contribution in [2.24, 2.45) is 0 Å². The molecule has 5 aliphatic rings. The summed E-state index contributed by atoms with van der Waals surface area (Å²) in [5.41, 5.74) is 13.1. The van der Waals surface area contributed by atoms with Gasteiger partial charge in [-0.1, -0.05) is 0 Å². The Morgan fingerprint density at radius 2 is 0.444 bits per heavy atom. The predicted octanol–water partition coefficient (Wildman–Crippen LogP) is 9.10. The van der Waals surface area contributed by atoms with Crippen LogP contribution in [0.1, 0.15) is 66.8 Å². The summed E-state index contributed by atoms with van der Waals surface area (Å²) in [5.74, 6) is 6.91. The van der Waals surface area contributed by atoms with Crippen LogP contribution in [-0.4, -0.2) is 46.5 Å². The highest BCUT2D eigenvalue weighted by molar-refractivity contribution is 6.67. The van der Waals surface area contributed by atoms with Gasteiger partial charge in [-0.2, -0.15) is 0 Å². The van der Waals surface area contributed by atoms with E-state index in [0.717, 1.165) is 120 Å². The number of benzene rings is 4. The second kappa shape index (κ2) is 12.3. The first-order chi connectivity index (χ1) is 25.3. The molecule has 13 heteroatoms. The van der Waals surface area contributed by atoms with Gasteiger partial charge < -0.3 is 40.5 Å². The van der Waals surface area contributed by atoms with Crippen LogP contribution in [0, 0.1) is 27.7 Å². The molecule has 4 aromatic carbocycles. The molecule has 0 unspecified atom stereocenters. The van der Waals surface area contributed by atoms with Gasteiger partial charge in [0.05, 0.1) is 0 Å².